The van der Waals surface area contributed by atoms with E-state index in [1.807, 2.05) is 0 Å². The van der Waals surface area contributed by atoms with Crippen LogP contribution < -0.4 is 24.8 Å². The number of benzene rings is 2. The molecule has 0 amide bonds. The fraction of sp³-hybridized carbons (Fsp3) is 0.200. The Kier molecular flexibility index (Phi) is 9.81. The van der Waals surface area contributed by atoms with E-state index in [1.165, 1.54) is 22.3 Å². The zero-order chi connectivity index (χ0) is 13.9. The van der Waals surface area contributed by atoms with Crippen molar-refractivity contribution in [2.75, 3.05) is 0 Å². The number of allylic oxidation sites excluding steroid dienone is 2. The molecule has 0 bridgehead atoms. The minimum atomic E-state index is 0. The Labute approximate surface area is 166 Å². The summed E-state index contributed by atoms with van der Waals surface area (Å²) in [7, 11) is 0. The zero-order valence-corrected chi connectivity index (χ0v) is 16.3. The Hall–Kier alpha value is -0.786. The summed E-state index contributed by atoms with van der Waals surface area (Å²) in [6.07, 6.45) is 10.7. The van der Waals surface area contributed by atoms with E-state index in [0.29, 0.717) is 11.8 Å². The minimum Gasteiger partial charge on any atom is -1.00 e. The zero-order valence-electron chi connectivity index (χ0n) is 13.2. The van der Waals surface area contributed by atoms with Crippen LogP contribution in [-0.4, -0.2) is 0 Å². The van der Waals surface area contributed by atoms with Crippen molar-refractivity contribution in [1.82, 2.24) is 0 Å². The summed E-state index contributed by atoms with van der Waals surface area (Å²) in [5.41, 5.74) is 5.47. The van der Waals surface area contributed by atoms with Gasteiger partial charge in [0.25, 0.3) is 0 Å². The van der Waals surface area contributed by atoms with Crippen LogP contribution in [0.4, 0.5) is 0 Å². The van der Waals surface area contributed by atoms with Gasteiger partial charge in [-0.1, -0.05) is 62.1 Å². The van der Waals surface area contributed by atoms with Gasteiger partial charge in [0.2, 0.25) is 0 Å². The standard InChI is InChI=1S/2C10H9.2ClH.Ti/c2*1-8-6-7-9-4-2-3-5-10(8)9;;;/h2*2-5,7-8H,1H3;2*1H;/q2*-1;;;+4/p-2. The van der Waals surface area contributed by atoms with Gasteiger partial charge in [-0.05, 0) is 0 Å². The number of hydrogen-bond acceptors (Lipinski definition) is 0. The Balaban J connectivity index is 0.000000372. The van der Waals surface area contributed by atoms with E-state index in [0.717, 1.165) is 0 Å². The van der Waals surface area contributed by atoms with E-state index in [2.05, 4.69) is 86.7 Å². The molecule has 0 saturated heterocycles. The third-order valence-corrected chi connectivity index (χ3v) is 3.90. The molecule has 0 saturated carbocycles. The molecule has 0 heterocycles. The molecule has 2 aliphatic carbocycles. The first-order chi connectivity index (χ1) is 9.75. The molecule has 4 rings (SSSR count). The predicted molar refractivity (Wildman–Crippen MR) is 85.1 cm³/mol. The van der Waals surface area contributed by atoms with Crippen molar-refractivity contribution >= 4 is 12.2 Å². The summed E-state index contributed by atoms with van der Waals surface area (Å²) < 4.78 is 0. The summed E-state index contributed by atoms with van der Waals surface area (Å²) in [6, 6.07) is 16.9. The van der Waals surface area contributed by atoms with E-state index in [1.54, 1.807) is 0 Å². The number of fused-ring (bicyclic) bond motifs is 2. The molecule has 2 aromatic rings. The van der Waals surface area contributed by atoms with Crippen molar-refractivity contribution in [3.8, 4) is 0 Å². The van der Waals surface area contributed by atoms with Gasteiger partial charge in [-0.3, -0.25) is 12.2 Å². The quantitative estimate of drug-likeness (QED) is 0.419. The molecule has 2 aromatic carbocycles. The van der Waals surface area contributed by atoms with Gasteiger partial charge in [0.15, 0.2) is 0 Å². The van der Waals surface area contributed by atoms with E-state index in [-0.39, 0.29) is 46.5 Å². The van der Waals surface area contributed by atoms with Crippen LogP contribution in [-0.2, 0) is 21.7 Å². The Morgan fingerprint density at radius 2 is 1.00 bits per heavy atom. The molecule has 3 heteroatoms. The third-order valence-electron chi connectivity index (χ3n) is 3.90. The Morgan fingerprint density at radius 1 is 0.652 bits per heavy atom. The molecule has 2 unspecified atom stereocenters. The van der Waals surface area contributed by atoms with Gasteiger partial charge < -0.3 is 24.8 Å². The summed E-state index contributed by atoms with van der Waals surface area (Å²) >= 11 is 0. The molecule has 0 aliphatic heterocycles. The third kappa shape index (κ3) is 5.09. The number of hydrogen-bond donors (Lipinski definition) is 0. The molecule has 0 N–H and O–H groups in total. The molecule has 0 spiro atoms. The maximum absolute atomic E-state index is 3.26. The van der Waals surface area contributed by atoms with Crippen LogP contribution in [0.15, 0.2) is 48.5 Å². The summed E-state index contributed by atoms with van der Waals surface area (Å²) in [5.74, 6) is 0.993. The second-order valence-corrected chi connectivity index (χ2v) is 5.32. The molecule has 2 aliphatic rings. The molecule has 0 fully saturated rings. The Bertz CT molecular complexity index is 617. The monoisotopic (exact) mass is 376 g/mol. The first-order valence-corrected chi connectivity index (χ1v) is 7.12. The average molecular weight is 377 g/mol. The van der Waals surface area contributed by atoms with E-state index >= 15 is 0 Å². The molecule has 0 nitrogen and oxygen atoms in total. The van der Waals surface area contributed by atoms with Crippen molar-refractivity contribution in [2.45, 2.75) is 25.7 Å². The van der Waals surface area contributed by atoms with Gasteiger partial charge >= 0.3 is 21.7 Å². The predicted octanol–water partition coefficient (Wildman–Crippen LogP) is -0.754. The first-order valence-electron chi connectivity index (χ1n) is 7.12. The van der Waals surface area contributed by atoms with Crippen LogP contribution >= 0.6 is 0 Å². The Morgan fingerprint density at radius 3 is 1.35 bits per heavy atom. The second kappa shape index (κ2) is 10.2. The van der Waals surface area contributed by atoms with Gasteiger partial charge in [-0.15, -0.1) is 23.3 Å². The van der Waals surface area contributed by atoms with Crippen molar-refractivity contribution in [2.24, 2.45) is 0 Å². The van der Waals surface area contributed by atoms with Crippen LogP contribution in [0.1, 0.15) is 47.9 Å². The normalized spacial score (nSPS) is 18.3. The summed E-state index contributed by atoms with van der Waals surface area (Å²) in [4.78, 5) is 0. The topological polar surface area (TPSA) is 0 Å². The van der Waals surface area contributed by atoms with Gasteiger partial charge in [0.1, 0.15) is 0 Å². The fourth-order valence-electron chi connectivity index (χ4n) is 2.68. The summed E-state index contributed by atoms with van der Waals surface area (Å²) in [6.45, 7) is 4.34. The van der Waals surface area contributed by atoms with E-state index < -0.39 is 0 Å². The average Bonchev–Trinajstić information content (AvgIpc) is 3.05. The molecule has 2 atom stereocenters. The van der Waals surface area contributed by atoms with Gasteiger partial charge in [0.05, 0.1) is 0 Å². The smallest absolute Gasteiger partial charge is 1.00 e. The van der Waals surface area contributed by atoms with Gasteiger partial charge in [0, 0.05) is 0 Å². The second-order valence-electron chi connectivity index (χ2n) is 5.32. The largest absolute Gasteiger partial charge is 4.00 e. The van der Waals surface area contributed by atoms with Crippen LogP contribution in [0.3, 0.4) is 0 Å². The summed E-state index contributed by atoms with van der Waals surface area (Å²) in [5, 5.41) is 0. The molecular weight excluding hydrogens is 359 g/mol. The van der Waals surface area contributed by atoms with Crippen molar-refractivity contribution in [3.63, 3.8) is 0 Å². The first kappa shape index (κ1) is 22.2. The fourth-order valence-corrected chi connectivity index (χ4v) is 2.68. The van der Waals surface area contributed by atoms with Crippen molar-refractivity contribution < 1.29 is 46.5 Å². The minimum absolute atomic E-state index is 0. The van der Waals surface area contributed by atoms with Gasteiger partial charge in [-0.25, -0.2) is 12.2 Å². The number of halogens is 2. The molecule has 23 heavy (non-hydrogen) atoms. The van der Waals surface area contributed by atoms with Crippen molar-refractivity contribution in [1.29, 1.82) is 0 Å². The SMILES string of the molecule is CC1[C-]=Cc2ccccc21.CC1[C-]=Cc2ccccc21.[Cl-].[Cl-].[Ti+4]. The maximum atomic E-state index is 3.26. The number of rotatable bonds is 0. The maximum Gasteiger partial charge on any atom is 4.00 e. The van der Waals surface area contributed by atoms with E-state index in [9.17, 15) is 0 Å². The molecule has 0 radical (unpaired) electrons. The van der Waals surface area contributed by atoms with Crippen molar-refractivity contribution in [3.05, 3.63) is 82.9 Å². The molecule has 116 valence electrons. The van der Waals surface area contributed by atoms with Crippen LogP contribution in [0.25, 0.3) is 12.2 Å². The molecular formula is C20H18Cl2Ti. The van der Waals surface area contributed by atoms with Gasteiger partial charge in [-0.2, -0.15) is 11.1 Å². The van der Waals surface area contributed by atoms with Crippen LogP contribution in [0.2, 0.25) is 0 Å². The molecule has 0 aromatic heterocycles. The van der Waals surface area contributed by atoms with Crippen LogP contribution in [0, 0.1) is 12.2 Å². The van der Waals surface area contributed by atoms with Crippen LogP contribution in [0.5, 0.6) is 0 Å². The van der Waals surface area contributed by atoms with E-state index in [4.69, 9.17) is 0 Å².